The van der Waals surface area contributed by atoms with Crippen molar-refractivity contribution in [3.05, 3.63) is 0 Å². The molecular formula is C19H40O2Si. The summed E-state index contributed by atoms with van der Waals surface area (Å²) in [6.45, 7) is 13.4. The second-order valence-corrected chi connectivity index (χ2v) is 12.9. The van der Waals surface area contributed by atoms with Crippen LogP contribution in [-0.2, 0) is 9.22 Å². The van der Waals surface area contributed by atoms with Crippen molar-refractivity contribution in [3.63, 3.8) is 0 Å². The minimum absolute atomic E-state index is 0.173. The van der Waals surface area contributed by atoms with Crippen LogP contribution in [0.25, 0.3) is 0 Å². The Hall–Kier alpha value is -0.153. The molecule has 0 rings (SSSR count). The largest absolute Gasteiger partial charge is 0.407 e. The first-order chi connectivity index (χ1) is 10.2. The quantitative estimate of drug-likeness (QED) is 0.219. The maximum absolute atomic E-state index is 11.3. The lowest BCUT2D eigenvalue weighted by molar-refractivity contribution is -0.114. The van der Waals surface area contributed by atoms with Crippen LogP contribution in [0.5, 0.6) is 0 Å². The zero-order valence-corrected chi connectivity index (χ0v) is 17.0. The molecule has 0 saturated heterocycles. The standard InChI is InChI=1S/C19H40O2Si/c1-7-8-9-10-11-12-13-14-15-16-18(17-20)21-22(5,6)19(2,3)4/h17-18H,7-16H2,1-6H3/t18-/m1/s1. The lowest BCUT2D eigenvalue weighted by Gasteiger charge is -2.38. The molecule has 0 aromatic rings. The molecule has 0 aromatic heterocycles. The van der Waals surface area contributed by atoms with Crippen LogP contribution in [0.2, 0.25) is 18.1 Å². The highest BCUT2D eigenvalue weighted by Gasteiger charge is 2.38. The molecule has 0 aliphatic heterocycles. The van der Waals surface area contributed by atoms with E-state index in [1.807, 2.05) is 0 Å². The SMILES string of the molecule is CCCCCCCCCCC[C@H](C=O)O[Si](C)(C)C(C)(C)C. The van der Waals surface area contributed by atoms with Gasteiger partial charge in [0.05, 0.1) is 0 Å². The summed E-state index contributed by atoms with van der Waals surface area (Å²) >= 11 is 0. The van der Waals surface area contributed by atoms with Gasteiger partial charge in [-0.1, -0.05) is 85.5 Å². The summed E-state index contributed by atoms with van der Waals surface area (Å²) in [6, 6.07) is 0. The molecule has 3 heteroatoms. The monoisotopic (exact) mass is 328 g/mol. The number of aldehydes is 1. The van der Waals surface area contributed by atoms with Crippen LogP contribution < -0.4 is 0 Å². The van der Waals surface area contributed by atoms with E-state index >= 15 is 0 Å². The van der Waals surface area contributed by atoms with Crippen molar-refractivity contribution in [3.8, 4) is 0 Å². The van der Waals surface area contributed by atoms with Crippen LogP contribution in [-0.4, -0.2) is 20.7 Å². The van der Waals surface area contributed by atoms with Crippen molar-refractivity contribution < 1.29 is 9.22 Å². The Balaban J connectivity index is 3.77. The molecule has 0 radical (unpaired) electrons. The fourth-order valence-corrected chi connectivity index (χ4v) is 3.65. The van der Waals surface area contributed by atoms with Crippen molar-refractivity contribution >= 4 is 14.6 Å². The lowest BCUT2D eigenvalue weighted by atomic mass is 10.1. The smallest absolute Gasteiger partial charge is 0.193 e. The molecular weight excluding hydrogens is 288 g/mol. The number of hydrogen-bond acceptors (Lipinski definition) is 2. The Morgan fingerprint density at radius 2 is 1.36 bits per heavy atom. The van der Waals surface area contributed by atoms with Gasteiger partial charge in [0.2, 0.25) is 0 Å². The first-order valence-electron chi connectivity index (χ1n) is 9.37. The molecule has 0 amide bonds. The van der Waals surface area contributed by atoms with Crippen molar-refractivity contribution in [1.82, 2.24) is 0 Å². The van der Waals surface area contributed by atoms with Gasteiger partial charge in [-0.15, -0.1) is 0 Å². The minimum atomic E-state index is -1.81. The number of hydrogen-bond donors (Lipinski definition) is 0. The highest BCUT2D eigenvalue weighted by atomic mass is 28.4. The highest BCUT2D eigenvalue weighted by Crippen LogP contribution is 2.37. The summed E-state index contributed by atoms with van der Waals surface area (Å²) in [5.41, 5.74) is 0. The molecule has 1 atom stereocenters. The molecule has 0 N–H and O–H groups in total. The Bertz CT molecular complexity index is 282. The molecule has 0 aliphatic carbocycles. The summed E-state index contributed by atoms with van der Waals surface area (Å²) in [5.74, 6) is 0. The van der Waals surface area contributed by atoms with Crippen LogP contribution in [0, 0.1) is 0 Å². The molecule has 0 aromatic carbocycles. The van der Waals surface area contributed by atoms with E-state index in [2.05, 4.69) is 40.8 Å². The van der Waals surface area contributed by atoms with E-state index in [0.29, 0.717) is 0 Å². The first-order valence-corrected chi connectivity index (χ1v) is 12.3. The average molecular weight is 329 g/mol. The van der Waals surface area contributed by atoms with Gasteiger partial charge in [-0.3, -0.25) is 0 Å². The number of carbonyl (C=O) groups excluding carboxylic acids is 1. The lowest BCUT2D eigenvalue weighted by Crippen LogP contribution is -2.44. The van der Waals surface area contributed by atoms with Gasteiger partial charge in [0.1, 0.15) is 12.4 Å². The fourth-order valence-electron chi connectivity index (χ4n) is 2.37. The average Bonchev–Trinajstić information content (AvgIpc) is 2.42. The van der Waals surface area contributed by atoms with Crippen LogP contribution in [0.3, 0.4) is 0 Å². The van der Waals surface area contributed by atoms with Crippen molar-refractivity contribution in [2.24, 2.45) is 0 Å². The number of unbranched alkanes of at least 4 members (excludes halogenated alkanes) is 8. The fraction of sp³-hybridized carbons (Fsp3) is 0.947. The number of carbonyl (C=O) groups is 1. The molecule has 22 heavy (non-hydrogen) atoms. The van der Waals surface area contributed by atoms with E-state index in [-0.39, 0.29) is 11.1 Å². The van der Waals surface area contributed by atoms with Gasteiger partial charge >= 0.3 is 0 Å². The Morgan fingerprint density at radius 1 is 0.909 bits per heavy atom. The van der Waals surface area contributed by atoms with Gasteiger partial charge in [0, 0.05) is 0 Å². The molecule has 0 bridgehead atoms. The summed E-state index contributed by atoms with van der Waals surface area (Å²) in [4.78, 5) is 11.3. The van der Waals surface area contributed by atoms with E-state index in [9.17, 15) is 4.79 Å². The summed E-state index contributed by atoms with van der Waals surface area (Å²) < 4.78 is 6.19. The van der Waals surface area contributed by atoms with E-state index in [1.54, 1.807) is 0 Å². The number of rotatable bonds is 13. The van der Waals surface area contributed by atoms with E-state index in [0.717, 1.165) is 19.1 Å². The molecule has 0 spiro atoms. The van der Waals surface area contributed by atoms with E-state index < -0.39 is 8.32 Å². The first kappa shape index (κ1) is 21.8. The van der Waals surface area contributed by atoms with E-state index in [4.69, 9.17) is 4.43 Å². The van der Waals surface area contributed by atoms with Gasteiger partial charge in [0.15, 0.2) is 8.32 Å². The zero-order valence-electron chi connectivity index (χ0n) is 16.0. The van der Waals surface area contributed by atoms with Gasteiger partial charge in [-0.2, -0.15) is 0 Å². The van der Waals surface area contributed by atoms with Gasteiger partial charge in [0.25, 0.3) is 0 Å². The van der Waals surface area contributed by atoms with E-state index in [1.165, 1.54) is 51.4 Å². The van der Waals surface area contributed by atoms with Gasteiger partial charge in [-0.25, -0.2) is 0 Å². The third kappa shape index (κ3) is 9.78. The third-order valence-electron chi connectivity index (χ3n) is 5.00. The summed E-state index contributed by atoms with van der Waals surface area (Å²) in [7, 11) is -1.81. The van der Waals surface area contributed by atoms with Crippen LogP contribution >= 0.6 is 0 Å². The Morgan fingerprint density at radius 3 is 1.77 bits per heavy atom. The molecule has 0 unspecified atom stereocenters. The third-order valence-corrected chi connectivity index (χ3v) is 9.50. The molecule has 0 fully saturated rings. The molecule has 0 saturated carbocycles. The Labute approximate surface area is 140 Å². The van der Waals surface area contributed by atoms with Gasteiger partial charge in [-0.05, 0) is 24.6 Å². The van der Waals surface area contributed by atoms with Crippen LogP contribution in [0.4, 0.5) is 0 Å². The molecule has 0 heterocycles. The highest BCUT2D eigenvalue weighted by molar-refractivity contribution is 6.74. The van der Waals surface area contributed by atoms with Crippen LogP contribution in [0.1, 0.15) is 91.9 Å². The van der Waals surface area contributed by atoms with Crippen molar-refractivity contribution in [2.45, 2.75) is 116 Å². The normalized spacial score (nSPS) is 14.1. The van der Waals surface area contributed by atoms with Crippen molar-refractivity contribution in [2.75, 3.05) is 0 Å². The van der Waals surface area contributed by atoms with Gasteiger partial charge < -0.3 is 9.22 Å². The maximum Gasteiger partial charge on any atom is 0.193 e. The molecule has 132 valence electrons. The maximum atomic E-state index is 11.3. The second kappa shape index (κ2) is 11.4. The zero-order chi connectivity index (χ0) is 17.1. The topological polar surface area (TPSA) is 26.3 Å². The van der Waals surface area contributed by atoms with Crippen molar-refractivity contribution in [1.29, 1.82) is 0 Å². The summed E-state index contributed by atoms with van der Waals surface area (Å²) in [5, 5.41) is 0.173. The minimum Gasteiger partial charge on any atom is -0.407 e. The summed E-state index contributed by atoms with van der Waals surface area (Å²) in [6.07, 6.45) is 13.6. The predicted octanol–water partition coefficient (Wildman–Crippen LogP) is 6.50. The molecule has 2 nitrogen and oxygen atoms in total. The molecule has 0 aliphatic rings. The second-order valence-electron chi connectivity index (χ2n) is 8.17. The van der Waals surface area contributed by atoms with Crippen LogP contribution in [0.15, 0.2) is 0 Å². The Kier molecular flexibility index (Phi) is 11.3. The predicted molar refractivity (Wildman–Crippen MR) is 100.0 cm³/mol.